The molecule has 0 aromatic heterocycles. The number of benzene rings is 2. The van der Waals surface area contributed by atoms with Crippen molar-refractivity contribution in [1.29, 1.82) is 0 Å². The molecule has 6 nitrogen and oxygen atoms in total. The molecule has 0 fully saturated rings. The zero-order chi connectivity index (χ0) is 20.6. The number of carbonyl (C=O) groups excluding carboxylic acids is 1. The largest absolute Gasteiger partial charge is 0.448 e. The van der Waals surface area contributed by atoms with Gasteiger partial charge in [-0.3, -0.25) is 0 Å². The molecule has 2 rings (SSSR count). The van der Waals surface area contributed by atoms with Gasteiger partial charge in [-0.25, -0.2) is 13.2 Å². The van der Waals surface area contributed by atoms with Crippen LogP contribution in [0.4, 0.5) is 4.79 Å². The number of hydrogen-bond donors (Lipinski definition) is 1. The molecule has 0 radical (unpaired) electrons. The summed E-state index contributed by atoms with van der Waals surface area (Å²) in [6, 6.07) is 17.1. The number of carbonyl (C=O) groups is 1. The minimum Gasteiger partial charge on any atom is -0.448 e. The second kappa shape index (κ2) is 10.2. The highest BCUT2D eigenvalue weighted by Gasteiger charge is 2.33. The summed E-state index contributed by atoms with van der Waals surface area (Å²) in [6.45, 7) is 3.64. The average Bonchev–Trinajstić information content (AvgIpc) is 2.70. The van der Waals surface area contributed by atoms with Crippen LogP contribution in [-0.2, 0) is 14.8 Å². The molecule has 1 atom stereocenters. The first-order chi connectivity index (χ1) is 13.4. The lowest BCUT2D eigenvalue weighted by Gasteiger charge is -2.27. The standard InChI is InChI=1S/C21H27NO5S/c1-17(2)16-27-21(24)22(28(25,26)20-11-7-4-8-12-20)15-19(13-14-23)18-9-5-3-6-10-18/h3-12,17,19,23H,13-16H2,1-2H3. The Labute approximate surface area is 166 Å². The molecule has 0 aliphatic heterocycles. The van der Waals surface area contributed by atoms with Gasteiger partial charge in [0, 0.05) is 19.1 Å². The highest BCUT2D eigenvalue weighted by molar-refractivity contribution is 7.89. The number of aliphatic hydroxyl groups excluding tert-OH is 1. The van der Waals surface area contributed by atoms with Crippen molar-refractivity contribution in [1.82, 2.24) is 4.31 Å². The van der Waals surface area contributed by atoms with Gasteiger partial charge in [-0.05, 0) is 30.0 Å². The third kappa shape index (κ3) is 5.81. The molecular weight excluding hydrogens is 378 g/mol. The third-order valence-electron chi connectivity index (χ3n) is 4.21. The van der Waals surface area contributed by atoms with E-state index in [2.05, 4.69) is 0 Å². The van der Waals surface area contributed by atoms with Gasteiger partial charge >= 0.3 is 6.09 Å². The van der Waals surface area contributed by atoms with E-state index in [-0.39, 0.29) is 36.5 Å². The molecule has 152 valence electrons. The topological polar surface area (TPSA) is 83.9 Å². The van der Waals surface area contributed by atoms with Gasteiger partial charge in [0.05, 0.1) is 11.5 Å². The van der Waals surface area contributed by atoms with Gasteiger partial charge in [0.2, 0.25) is 0 Å². The first-order valence-corrected chi connectivity index (χ1v) is 10.7. The normalized spacial score (nSPS) is 12.6. The van der Waals surface area contributed by atoms with Crippen LogP contribution in [0.15, 0.2) is 65.6 Å². The summed E-state index contributed by atoms with van der Waals surface area (Å²) in [6.07, 6.45) is -0.584. The Balaban J connectivity index is 2.38. The Bertz CT molecular complexity index is 838. The molecule has 0 saturated carbocycles. The summed E-state index contributed by atoms with van der Waals surface area (Å²) in [5.41, 5.74) is 0.849. The molecule has 28 heavy (non-hydrogen) atoms. The number of sulfonamides is 1. The van der Waals surface area contributed by atoms with Crippen LogP contribution in [0.3, 0.4) is 0 Å². The van der Waals surface area contributed by atoms with Gasteiger partial charge in [0.1, 0.15) is 0 Å². The van der Waals surface area contributed by atoms with Crippen LogP contribution >= 0.6 is 0 Å². The number of aliphatic hydroxyl groups is 1. The third-order valence-corrected chi connectivity index (χ3v) is 5.96. The number of ether oxygens (including phenoxy) is 1. The quantitative estimate of drug-likeness (QED) is 0.689. The number of hydrogen-bond acceptors (Lipinski definition) is 5. The van der Waals surface area contributed by atoms with Gasteiger partial charge in [-0.2, -0.15) is 4.31 Å². The summed E-state index contributed by atoms with van der Waals surface area (Å²) >= 11 is 0. The highest BCUT2D eigenvalue weighted by atomic mass is 32.2. The molecule has 2 aromatic carbocycles. The van der Waals surface area contributed by atoms with E-state index in [0.717, 1.165) is 9.87 Å². The Morgan fingerprint density at radius 3 is 2.14 bits per heavy atom. The molecule has 1 unspecified atom stereocenters. The predicted molar refractivity (Wildman–Crippen MR) is 107 cm³/mol. The van der Waals surface area contributed by atoms with Crippen molar-refractivity contribution in [3.63, 3.8) is 0 Å². The van der Waals surface area contributed by atoms with Crippen LogP contribution in [0.1, 0.15) is 31.7 Å². The number of amides is 1. The van der Waals surface area contributed by atoms with Crippen molar-refractivity contribution >= 4 is 16.1 Å². The zero-order valence-corrected chi connectivity index (χ0v) is 17.0. The zero-order valence-electron chi connectivity index (χ0n) is 16.2. The summed E-state index contributed by atoms with van der Waals surface area (Å²) in [7, 11) is -4.09. The van der Waals surface area contributed by atoms with E-state index in [1.54, 1.807) is 18.2 Å². The SMILES string of the molecule is CC(C)COC(=O)N(CC(CCO)c1ccccc1)S(=O)(=O)c1ccccc1. The molecule has 0 bridgehead atoms. The first kappa shape index (κ1) is 21.9. The Morgan fingerprint density at radius 1 is 1.04 bits per heavy atom. The lowest BCUT2D eigenvalue weighted by atomic mass is 9.96. The van der Waals surface area contributed by atoms with Crippen molar-refractivity contribution in [2.75, 3.05) is 19.8 Å². The smallest absolute Gasteiger partial charge is 0.423 e. The van der Waals surface area contributed by atoms with Gasteiger partial charge in [-0.15, -0.1) is 0 Å². The van der Waals surface area contributed by atoms with Crippen molar-refractivity contribution < 1.29 is 23.1 Å². The second-order valence-corrected chi connectivity index (χ2v) is 8.80. The van der Waals surface area contributed by atoms with Crippen LogP contribution < -0.4 is 0 Å². The van der Waals surface area contributed by atoms with Gasteiger partial charge in [0.25, 0.3) is 10.0 Å². The monoisotopic (exact) mass is 405 g/mol. The maximum atomic E-state index is 13.2. The highest BCUT2D eigenvalue weighted by Crippen LogP contribution is 2.25. The molecule has 1 N–H and O–H groups in total. The fourth-order valence-electron chi connectivity index (χ4n) is 2.75. The maximum absolute atomic E-state index is 13.2. The first-order valence-electron chi connectivity index (χ1n) is 9.26. The minimum absolute atomic E-state index is 0.0207. The maximum Gasteiger partial charge on any atom is 0.423 e. The van der Waals surface area contributed by atoms with Crippen LogP contribution in [0.2, 0.25) is 0 Å². The number of nitrogens with zero attached hydrogens (tertiary/aromatic N) is 1. The van der Waals surface area contributed by atoms with E-state index < -0.39 is 16.1 Å². The van der Waals surface area contributed by atoms with Crippen LogP contribution in [0.5, 0.6) is 0 Å². The number of rotatable bonds is 9. The molecule has 0 spiro atoms. The average molecular weight is 406 g/mol. The summed E-state index contributed by atoms with van der Waals surface area (Å²) in [4.78, 5) is 12.7. The molecule has 1 amide bonds. The van der Waals surface area contributed by atoms with E-state index in [1.807, 2.05) is 44.2 Å². The predicted octanol–water partition coefficient (Wildman–Crippen LogP) is 3.64. The molecule has 2 aromatic rings. The van der Waals surface area contributed by atoms with Crippen molar-refractivity contribution in [2.24, 2.45) is 5.92 Å². The van der Waals surface area contributed by atoms with Crippen LogP contribution in [0.25, 0.3) is 0 Å². The van der Waals surface area contributed by atoms with E-state index in [9.17, 15) is 18.3 Å². The summed E-state index contributed by atoms with van der Waals surface area (Å²) in [5.74, 6) is -0.274. The van der Waals surface area contributed by atoms with Gasteiger partial charge in [0.15, 0.2) is 0 Å². The van der Waals surface area contributed by atoms with Crippen molar-refractivity contribution in [2.45, 2.75) is 31.1 Å². The van der Waals surface area contributed by atoms with Crippen molar-refractivity contribution in [3.05, 3.63) is 66.2 Å². The fourth-order valence-corrected chi connectivity index (χ4v) is 4.13. The fraction of sp³-hybridized carbons (Fsp3) is 0.381. The summed E-state index contributed by atoms with van der Waals surface area (Å²) in [5, 5.41) is 9.46. The van der Waals surface area contributed by atoms with E-state index >= 15 is 0 Å². The Kier molecular flexibility index (Phi) is 8.02. The van der Waals surface area contributed by atoms with Crippen LogP contribution in [-0.4, -0.2) is 43.7 Å². The van der Waals surface area contributed by atoms with E-state index in [1.165, 1.54) is 12.1 Å². The molecule has 7 heteroatoms. The lowest BCUT2D eigenvalue weighted by molar-refractivity contribution is 0.111. The molecule has 0 heterocycles. The van der Waals surface area contributed by atoms with Gasteiger partial charge < -0.3 is 9.84 Å². The van der Waals surface area contributed by atoms with Crippen molar-refractivity contribution in [3.8, 4) is 0 Å². The second-order valence-electron chi connectivity index (χ2n) is 6.94. The lowest BCUT2D eigenvalue weighted by Crippen LogP contribution is -2.40. The Hall–Kier alpha value is -2.38. The Morgan fingerprint density at radius 2 is 1.61 bits per heavy atom. The van der Waals surface area contributed by atoms with E-state index in [4.69, 9.17) is 4.74 Å². The van der Waals surface area contributed by atoms with Crippen LogP contribution in [0, 0.1) is 5.92 Å². The molecule has 0 aliphatic rings. The van der Waals surface area contributed by atoms with E-state index in [0.29, 0.717) is 6.42 Å². The molecule has 0 aliphatic carbocycles. The minimum atomic E-state index is -4.09. The summed E-state index contributed by atoms with van der Waals surface area (Å²) < 4.78 is 32.3. The molecule has 0 saturated heterocycles. The van der Waals surface area contributed by atoms with Gasteiger partial charge in [-0.1, -0.05) is 62.4 Å². The molecular formula is C21H27NO5S.